The zero-order valence-electron chi connectivity index (χ0n) is 13.5. The van der Waals surface area contributed by atoms with E-state index in [-0.39, 0.29) is 11.9 Å². The number of aliphatic carboxylic acids is 1. The van der Waals surface area contributed by atoms with Crippen molar-refractivity contribution in [2.45, 2.75) is 44.2 Å². The number of carboxylic acids is 1. The van der Waals surface area contributed by atoms with E-state index in [1.54, 1.807) is 4.90 Å². The number of carbonyl (C=O) groups excluding carboxylic acids is 1. The van der Waals surface area contributed by atoms with E-state index in [9.17, 15) is 14.7 Å². The van der Waals surface area contributed by atoms with Gasteiger partial charge >= 0.3 is 5.97 Å². The van der Waals surface area contributed by atoms with Crippen LogP contribution in [0.15, 0.2) is 42.5 Å². The number of rotatable bonds is 2. The molecule has 2 aromatic rings. The molecule has 4 nitrogen and oxygen atoms in total. The van der Waals surface area contributed by atoms with Crippen LogP contribution >= 0.6 is 0 Å². The minimum atomic E-state index is -0.876. The number of carbonyl (C=O) groups is 2. The van der Waals surface area contributed by atoms with Gasteiger partial charge < -0.3 is 10.0 Å². The highest BCUT2D eigenvalue weighted by atomic mass is 16.4. The molecule has 1 heterocycles. The maximum absolute atomic E-state index is 13.1. The molecule has 4 rings (SSSR count). The third kappa shape index (κ3) is 2.46. The Morgan fingerprint density at radius 1 is 1.00 bits per heavy atom. The van der Waals surface area contributed by atoms with E-state index in [1.807, 2.05) is 42.5 Å². The molecule has 0 radical (unpaired) electrons. The fraction of sp³-hybridized carbons (Fsp3) is 0.400. The Kier molecular flexibility index (Phi) is 3.75. The molecule has 0 spiro atoms. The first-order valence-electron chi connectivity index (χ1n) is 8.69. The predicted octanol–water partition coefficient (Wildman–Crippen LogP) is 3.70. The highest BCUT2D eigenvalue weighted by Gasteiger charge is 2.47. The van der Waals surface area contributed by atoms with Crippen molar-refractivity contribution in [3.05, 3.63) is 48.0 Å². The zero-order chi connectivity index (χ0) is 16.7. The topological polar surface area (TPSA) is 57.6 Å². The summed E-state index contributed by atoms with van der Waals surface area (Å²) in [5.74, 6) is -0.676. The third-order valence-corrected chi connectivity index (χ3v) is 5.60. The first-order chi connectivity index (χ1) is 11.6. The Hall–Kier alpha value is -2.36. The molecular formula is C20H21NO3. The van der Waals surface area contributed by atoms with Crippen molar-refractivity contribution in [3.63, 3.8) is 0 Å². The number of hydrogen-bond acceptors (Lipinski definition) is 2. The average Bonchev–Trinajstić information content (AvgIpc) is 3.00. The minimum absolute atomic E-state index is 0.0822. The van der Waals surface area contributed by atoms with Gasteiger partial charge in [0.1, 0.15) is 6.04 Å². The molecule has 124 valence electrons. The average molecular weight is 323 g/mol. The lowest BCUT2D eigenvalue weighted by Gasteiger charge is -2.33. The lowest BCUT2D eigenvalue weighted by molar-refractivity contribution is -0.141. The van der Waals surface area contributed by atoms with E-state index in [0.717, 1.165) is 36.5 Å². The van der Waals surface area contributed by atoms with Gasteiger partial charge in [0.2, 0.25) is 0 Å². The number of hydrogen-bond donors (Lipinski definition) is 1. The molecule has 4 heteroatoms. The molecule has 0 unspecified atom stereocenters. The minimum Gasteiger partial charge on any atom is -0.480 e. The van der Waals surface area contributed by atoms with Crippen molar-refractivity contribution in [3.8, 4) is 0 Å². The van der Waals surface area contributed by atoms with Gasteiger partial charge in [-0.1, -0.05) is 43.2 Å². The van der Waals surface area contributed by atoms with Gasteiger partial charge in [0.15, 0.2) is 0 Å². The summed E-state index contributed by atoms with van der Waals surface area (Å²) in [5, 5.41) is 11.7. The molecule has 1 saturated heterocycles. The number of fused-ring (bicyclic) bond motifs is 2. The van der Waals surface area contributed by atoms with Crippen molar-refractivity contribution in [2.24, 2.45) is 5.92 Å². The molecule has 2 aliphatic rings. The summed E-state index contributed by atoms with van der Waals surface area (Å²) in [6.07, 6.45) is 4.78. The Labute approximate surface area is 141 Å². The fourth-order valence-corrected chi connectivity index (χ4v) is 4.44. The van der Waals surface area contributed by atoms with Crippen molar-refractivity contribution >= 4 is 22.6 Å². The maximum Gasteiger partial charge on any atom is 0.326 e. The van der Waals surface area contributed by atoms with Crippen LogP contribution in [0, 0.1) is 5.92 Å². The molecule has 2 fully saturated rings. The van der Waals surface area contributed by atoms with Crippen LogP contribution in [0.4, 0.5) is 0 Å². The number of benzene rings is 2. The molecule has 2 aromatic carbocycles. The fourth-order valence-electron chi connectivity index (χ4n) is 4.44. The molecule has 1 aliphatic heterocycles. The second-order valence-electron chi connectivity index (χ2n) is 6.98. The van der Waals surface area contributed by atoms with Crippen LogP contribution < -0.4 is 0 Å². The summed E-state index contributed by atoms with van der Waals surface area (Å²) in [6, 6.07) is 12.9. The normalized spacial score (nSPS) is 26.3. The van der Waals surface area contributed by atoms with Gasteiger partial charge in [0.25, 0.3) is 5.91 Å². The zero-order valence-corrected chi connectivity index (χ0v) is 13.5. The van der Waals surface area contributed by atoms with Crippen LogP contribution in [0.3, 0.4) is 0 Å². The molecule has 0 bridgehead atoms. The molecule has 3 atom stereocenters. The lowest BCUT2D eigenvalue weighted by Crippen LogP contribution is -2.46. The van der Waals surface area contributed by atoms with Crippen LogP contribution in [-0.4, -0.2) is 34.0 Å². The van der Waals surface area contributed by atoms with Crippen molar-refractivity contribution < 1.29 is 14.7 Å². The number of amides is 1. The standard InChI is InChI=1S/C20H21NO3/c22-19(16-10-9-13-5-1-2-6-14(13)11-16)21-17-8-4-3-7-15(17)12-18(21)20(23)24/h1-2,5-6,9-11,15,17-18H,3-4,7-8,12H2,(H,23,24)/t15-,17-,18+/m0/s1. The summed E-state index contributed by atoms with van der Waals surface area (Å²) >= 11 is 0. The molecular weight excluding hydrogens is 302 g/mol. The van der Waals surface area contributed by atoms with Gasteiger partial charge in [-0.3, -0.25) is 4.79 Å². The summed E-state index contributed by atoms with van der Waals surface area (Å²) < 4.78 is 0. The van der Waals surface area contributed by atoms with Crippen LogP contribution in [0.5, 0.6) is 0 Å². The van der Waals surface area contributed by atoms with E-state index in [2.05, 4.69) is 0 Å². The Bertz CT molecular complexity index is 800. The smallest absolute Gasteiger partial charge is 0.326 e. The van der Waals surface area contributed by atoms with E-state index in [4.69, 9.17) is 0 Å². The lowest BCUT2D eigenvalue weighted by atomic mass is 9.84. The Morgan fingerprint density at radius 2 is 1.75 bits per heavy atom. The second kappa shape index (κ2) is 5.93. The largest absolute Gasteiger partial charge is 0.480 e. The van der Waals surface area contributed by atoms with Gasteiger partial charge in [-0.25, -0.2) is 4.79 Å². The number of carboxylic acid groups (broad SMARTS) is 1. The molecule has 1 N–H and O–H groups in total. The van der Waals surface area contributed by atoms with Gasteiger partial charge in [-0.05, 0) is 48.1 Å². The first kappa shape index (κ1) is 15.2. The maximum atomic E-state index is 13.1. The summed E-state index contributed by atoms with van der Waals surface area (Å²) in [5.41, 5.74) is 0.589. The number of likely N-dealkylation sites (tertiary alicyclic amines) is 1. The first-order valence-corrected chi connectivity index (χ1v) is 8.69. The van der Waals surface area contributed by atoms with Crippen molar-refractivity contribution in [1.82, 2.24) is 4.90 Å². The van der Waals surface area contributed by atoms with Crippen LogP contribution in [-0.2, 0) is 4.79 Å². The van der Waals surface area contributed by atoms with Gasteiger partial charge in [0.05, 0.1) is 0 Å². The number of nitrogens with zero attached hydrogens (tertiary/aromatic N) is 1. The molecule has 0 aromatic heterocycles. The van der Waals surface area contributed by atoms with Gasteiger partial charge in [-0.15, -0.1) is 0 Å². The quantitative estimate of drug-likeness (QED) is 0.917. The Balaban J connectivity index is 1.70. The summed E-state index contributed by atoms with van der Waals surface area (Å²) in [7, 11) is 0. The van der Waals surface area contributed by atoms with Crippen LogP contribution in [0.2, 0.25) is 0 Å². The molecule has 1 amide bonds. The van der Waals surface area contributed by atoms with Crippen LogP contribution in [0.25, 0.3) is 10.8 Å². The van der Waals surface area contributed by atoms with E-state index < -0.39 is 12.0 Å². The van der Waals surface area contributed by atoms with Crippen molar-refractivity contribution in [2.75, 3.05) is 0 Å². The van der Waals surface area contributed by atoms with Gasteiger partial charge in [0, 0.05) is 11.6 Å². The highest BCUT2D eigenvalue weighted by Crippen LogP contribution is 2.40. The summed E-state index contributed by atoms with van der Waals surface area (Å²) in [6.45, 7) is 0. The molecule has 24 heavy (non-hydrogen) atoms. The van der Waals surface area contributed by atoms with E-state index in [1.165, 1.54) is 0 Å². The van der Waals surface area contributed by atoms with Gasteiger partial charge in [-0.2, -0.15) is 0 Å². The van der Waals surface area contributed by atoms with E-state index >= 15 is 0 Å². The SMILES string of the molecule is O=C(O)[C@H]1C[C@@H]2CCCC[C@@H]2N1C(=O)c1ccc2ccccc2c1. The van der Waals surface area contributed by atoms with E-state index in [0.29, 0.717) is 17.9 Å². The predicted molar refractivity (Wildman–Crippen MR) is 91.9 cm³/mol. The third-order valence-electron chi connectivity index (χ3n) is 5.60. The van der Waals surface area contributed by atoms with Crippen LogP contribution in [0.1, 0.15) is 42.5 Å². The Morgan fingerprint density at radius 3 is 2.54 bits per heavy atom. The molecule has 1 saturated carbocycles. The second-order valence-corrected chi connectivity index (χ2v) is 6.98. The molecule has 1 aliphatic carbocycles. The summed E-state index contributed by atoms with van der Waals surface area (Å²) in [4.78, 5) is 26.5. The highest BCUT2D eigenvalue weighted by molar-refractivity contribution is 6.00. The monoisotopic (exact) mass is 323 g/mol. The van der Waals surface area contributed by atoms with Crippen molar-refractivity contribution in [1.29, 1.82) is 0 Å².